The molecule has 37 heavy (non-hydrogen) atoms. The summed E-state index contributed by atoms with van der Waals surface area (Å²) in [5.41, 5.74) is -5.82. The fourth-order valence-electron chi connectivity index (χ4n) is 3.33. The fraction of sp³-hybridized carbons (Fsp3) is 0.304. The number of aryl methyl sites for hydroxylation is 1. The van der Waals surface area contributed by atoms with Crippen molar-refractivity contribution in [3.8, 4) is 11.4 Å². The second-order valence-corrected chi connectivity index (χ2v) is 11.0. The van der Waals surface area contributed by atoms with E-state index in [1.54, 1.807) is 33.8 Å². The van der Waals surface area contributed by atoms with E-state index in [-0.39, 0.29) is 22.5 Å². The molecule has 0 saturated heterocycles. The van der Waals surface area contributed by atoms with Gasteiger partial charge in [-0.05, 0) is 47.7 Å². The summed E-state index contributed by atoms with van der Waals surface area (Å²) in [4.78, 5) is 23.1. The molecule has 10 nitrogen and oxygen atoms in total. The van der Waals surface area contributed by atoms with Crippen LogP contribution < -0.4 is 10.1 Å². The highest BCUT2D eigenvalue weighted by atomic mass is 32.2. The van der Waals surface area contributed by atoms with Gasteiger partial charge in [-0.2, -0.15) is 13.2 Å². The van der Waals surface area contributed by atoms with Crippen molar-refractivity contribution in [2.24, 2.45) is 0 Å². The van der Waals surface area contributed by atoms with Gasteiger partial charge in [0.2, 0.25) is 0 Å². The molecule has 14 heteroatoms. The number of aromatic carboxylic acids is 1. The molecule has 0 radical (unpaired) electrons. The van der Waals surface area contributed by atoms with Crippen LogP contribution in [0.3, 0.4) is 0 Å². The van der Waals surface area contributed by atoms with Crippen LogP contribution in [0.2, 0.25) is 0 Å². The molecule has 0 bridgehead atoms. The Balaban J connectivity index is 2.12. The fourth-order valence-corrected chi connectivity index (χ4v) is 4.30. The number of hydrogen-bond donors (Lipinski definition) is 2. The Morgan fingerprint density at radius 2 is 1.76 bits per heavy atom. The van der Waals surface area contributed by atoms with Crippen molar-refractivity contribution in [2.45, 2.75) is 43.5 Å². The molecule has 1 heterocycles. The molecule has 0 spiro atoms. The third-order valence-corrected chi connectivity index (χ3v) is 6.89. The van der Waals surface area contributed by atoms with Crippen LogP contribution in [0.1, 0.15) is 52.7 Å². The molecule has 0 aliphatic rings. The van der Waals surface area contributed by atoms with E-state index in [2.05, 4.69) is 15.6 Å². The van der Waals surface area contributed by atoms with Crippen molar-refractivity contribution in [3.63, 3.8) is 0 Å². The summed E-state index contributed by atoms with van der Waals surface area (Å²) >= 11 is 0. The number of nitrogens with one attached hydrogen (secondary N) is 1. The highest BCUT2D eigenvalue weighted by molar-refractivity contribution is 7.92. The Hall–Kier alpha value is -3.94. The summed E-state index contributed by atoms with van der Waals surface area (Å²) in [6.07, 6.45) is 1.15. The van der Waals surface area contributed by atoms with Crippen molar-refractivity contribution < 1.29 is 41.0 Å². The summed E-state index contributed by atoms with van der Waals surface area (Å²) in [5, 5.41) is 18.8. The molecule has 1 amide bonds. The average molecular weight is 541 g/mol. The van der Waals surface area contributed by atoms with E-state index in [0.717, 1.165) is 24.1 Å². The van der Waals surface area contributed by atoms with E-state index in [0.29, 0.717) is 11.3 Å². The lowest BCUT2D eigenvalue weighted by Crippen LogP contribution is -2.25. The first-order valence-electron chi connectivity index (χ1n) is 10.6. The summed E-state index contributed by atoms with van der Waals surface area (Å²) in [7, 11) is -4.83. The Labute approximate surface area is 210 Å². The van der Waals surface area contributed by atoms with Crippen molar-refractivity contribution in [2.75, 3.05) is 12.4 Å². The Morgan fingerprint density at radius 3 is 2.27 bits per heavy atom. The highest BCUT2D eigenvalue weighted by Gasteiger charge is 2.49. The molecule has 0 aliphatic heterocycles. The molecule has 0 aliphatic carbocycles. The molecule has 3 rings (SSSR count). The molecular formula is C23H23F3N4O6S. The van der Waals surface area contributed by atoms with Gasteiger partial charge in [-0.25, -0.2) is 17.9 Å². The molecule has 2 N–H and O–H groups in total. The lowest BCUT2D eigenvalue weighted by atomic mass is 9.86. The van der Waals surface area contributed by atoms with Crippen LogP contribution in [0.4, 0.5) is 18.9 Å². The van der Waals surface area contributed by atoms with Crippen LogP contribution in [0.5, 0.6) is 5.75 Å². The standard InChI is InChI=1S/C23H23F3N4O6S/c1-12-6-7-13(8-17(12)30-11-16(21(32)33)28-29-30)20(31)27-15-9-14(22(2,3)4)10-18(19(15)36-5)37(34,35)23(24,25)26/h6-11H,1-5H3,(H,27,31)(H,32,33). The minimum atomic E-state index is -5.82. The number of nitrogens with zero attached hydrogens (tertiary/aromatic N) is 3. The minimum Gasteiger partial charge on any atom is -0.493 e. The quantitative estimate of drug-likeness (QED) is 0.476. The molecule has 0 saturated carbocycles. The number of carboxylic acids is 1. The van der Waals surface area contributed by atoms with E-state index < -0.39 is 43.3 Å². The Bertz CT molecular complexity index is 1490. The number of benzene rings is 2. The van der Waals surface area contributed by atoms with Gasteiger partial charge in [-0.15, -0.1) is 5.10 Å². The SMILES string of the molecule is COc1c(NC(=O)c2ccc(C)c(-n3cc(C(=O)O)nn3)c2)cc(C(C)(C)C)cc1S(=O)(=O)C(F)(F)F. The zero-order valence-electron chi connectivity index (χ0n) is 20.3. The number of alkyl halides is 3. The van der Waals surface area contributed by atoms with Gasteiger partial charge in [0.05, 0.1) is 24.7 Å². The van der Waals surface area contributed by atoms with Crippen LogP contribution >= 0.6 is 0 Å². The van der Waals surface area contributed by atoms with Gasteiger partial charge in [-0.1, -0.05) is 32.1 Å². The first-order chi connectivity index (χ1) is 17.0. The normalized spacial score (nSPS) is 12.3. The highest BCUT2D eigenvalue weighted by Crippen LogP contribution is 2.42. The molecule has 2 aromatic carbocycles. The number of rotatable bonds is 6. The number of sulfone groups is 1. The third-order valence-electron chi connectivity index (χ3n) is 5.40. The van der Waals surface area contributed by atoms with Crippen LogP contribution in [0.25, 0.3) is 5.69 Å². The number of amides is 1. The predicted octanol–water partition coefficient (Wildman–Crippen LogP) is 4.13. The molecule has 0 fully saturated rings. The van der Waals surface area contributed by atoms with Gasteiger partial charge in [0.25, 0.3) is 15.7 Å². The van der Waals surface area contributed by atoms with E-state index >= 15 is 0 Å². The van der Waals surface area contributed by atoms with Gasteiger partial charge in [0.1, 0.15) is 4.90 Å². The third kappa shape index (κ3) is 5.43. The Kier molecular flexibility index (Phi) is 7.10. The zero-order chi connectivity index (χ0) is 27.9. The first-order valence-corrected chi connectivity index (χ1v) is 12.1. The number of aromatic nitrogens is 3. The molecule has 1 aromatic heterocycles. The summed E-state index contributed by atoms with van der Waals surface area (Å²) in [6, 6.07) is 6.58. The van der Waals surface area contributed by atoms with Crippen LogP contribution in [0, 0.1) is 6.92 Å². The molecule has 198 valence electrons. The van der Waals surface area contributed by atoms with Gasteiger partial charge in [0.15, 0.2) is 11.4 Å². The maximum atomic E-state index is 13.4. The largest absolute Gasteiger partial charge is 0.502 e. The summed E-state index contributed by atoms with van der Waals surface area (Å²) in [6.45, 7) is 6.68. The van der Waals surface area contributed by atoms with E-state index in [1.807, 2.05) is 0 Å². The number of carbonyl (C=O) groups excluding carboxylic acids is 1. The Morgan fingerprint density at radius 1 is 1.11 bits per heavy atom. The number of carboxylic acid groups (broad SMARTS) is 1. The average Bonchev–Trinajstić information content (AvgIpc) is 3.27. The maximum absolute atomic E-state index is 13.4. The van der Waals surface area contributed by atoms with Crippen molar-refractivity contribution in [1.82, 2.24) is 15.0 Å². The molecule has 0 atom stereocenters. The second-order valence-electron chi connectivity index (χ2n) is 9.06. The number of ether oxygens (including phenoxy) is 1. The smallest absolute Gasteiger partial charge is 0.493 e. The molecule has 0 unspecified atom stereocenters. The number of hydrogen-bond acceptors (Lipinski definition) is 7. The lowest BCUT2D eigenvalue weighted by molar-refractivity contribution is -0.0437. The predicted molar refractivity (Wildman–Crippen MR) is 126 cm³/mol. The van der Waals surface area contributed by atoms with Crippen molar-refractivity contribution >= 4 is 27.4 Å². The summed E-state index contributed by atoms with van der Waals surface area (Å²) in [5.74, 6) is -2.76. The zero-order valence-corrected chi connectivity index (χ0v) is 21.2. The monoisotopic (exact) mass is 540 g/mol. The van der Waals surface area contributed by atoms with E-state index in [1.165, 1.54) is 18.2 Å². The summed E-state index contributed by atoms with van der Waals surface area (Å²) < 4.78 is 71.2. The van der Waals surface area contributed by atoms with Gasteiger partial charge >= 0.3 is 11.5 Å². The minimum absolute atomic E-state index is 0.0245. The number of methoxy groups -OCH3 is 1. The van der Waals surface area contributed by atoms with Gasteiger partial charge in [-0.3, -0.25) is 4.79 Å². The molecular weight excluding hydrogens is 517 g/mol. The van der Waals surface area contributed by atoms with E-state index in [4.69, 9.17) is 9.84 Å². The van der Waals surface area contributed by atoms with Crippen LogP contribution in [-0.4, -0.2) is 53.0 Å². The molecule has 3 aromatic rings. The van der Waals surface area contributed by atoms with Crippen LogP contribution in [0.15, 0.2) is 41.4 Å². The number of anilines is 1. The maximum Gasteiger partial charge on any atom is 0.502 e. The van der Waals surface area contributed by atoms with Crippen molar-refractivity contribution in [1.29, 1.82) is 0 Å². The topological polar surface area (TPSA) is 140 Å². The number of halogens is 3. The van der Waals surface area contributed by atoms with Gasteiger partial charge < -0.3 is 15.2 Å². The second kappa shape index (κ2) is 9.50. The first kappa shape index (κ1) is 27.6. The van der Waals surface area contributed by atoms with Crippen LogP contribution in [-0.2, 0) is 15.3 Å². The van der Waals surface area contributed by atoms with Crippen molar-refractivity contribution in [3.05, 3.63) is 58.9 Å². The van der Waals surface area contributed by atoms with Gasteiger partial charge in [0, 0.05) is 5.56 Å². The van der Waals surface area contributed by atoms with E-state index in [9.17, 15) is 31.2 Å². The number of carbonyl (C=O) groups is 2. The lowest BCUT2D eigenvalue weighted by Gasteiger charge is -2.24.